The Bertz CT molecular complexity index is 339. The summed E-state index contributed by atoms with van der Waals surface area (Å²) in [7, 11) is 0. The van der Waals surface area contributed by atoms with E-state index in [1.54, 1.807) is 19.1 Å². The van der Waals surface area contributed by atoms with Gasteiger partial charge in [0.2, 0.25) is 0 Å². The Labute approximate surface area is 87.7 Å². The van der Waals surface area contributed by atoms with E-state index in [2.05, 4.69) is 10.5 Å². The Morgan fingerprint density at radius 3 is 2.80 bits per heavy atom. The van der Waals surface area contributed by atoms with Crippen molar-refractivity contribution in [2.75, 3.05) is 18.5 Å². The van der Waals surface area contributed by atoms with Gasteiger partial charge in [-0.3, -0.25) is 0 Å². The molecule has 0 aliphatic carbocycles. The fourth-order valence-electron chi connectivity index (χ4n) is 1.30. The molecule has 0 heterocycles. The third kappa shape index (κ3) is 3.00. The SMILES string of the molecule is CC(O)c1cc(N=O)ccc1NCCO. The van der Waals surface area contributed by atoms with Gasteiger partial charge in [-0.1, -0.05) is 0 Å². The number of nitrogens with one attached hydrogen (secondary N) is 1. The van der Waals surface area contributed by atoms with Gasteiger partial charge in [0.1, 0.15) is 5.69 Å². The highest BCUT2D eigenvalue weighted by molar-refractivity contribution is 5.58. The van der Waals surface area contributed by atoms with E-state index in [9.17, 15) is 10.0 Å². The number of aliphatic hydroxyl groups excluding tert-OH is 2. The van der Waals surface area contributed by atoms with Gasteiger partial charge in [0.25, 0.3) is 0 Å². The van der Waals surface area contributed by atoms with Gasteiger partial charge in [0, 0.05) is 17.8 Å². The second-order valence-electron chi connectivity index (χ2n) is 3.19. The van der Waals surface area contributed by atoms with Crippen LogP contribution in [0.25, 0.3) is 0 Å². The number of anilines is 1. The molecule has 0 fully saturated rings. The molecule has 15 heavy (non-hydrogen) atoms. The second kappa shape index (κ2) is 5.43. The molecule has 0 radical (unpaired) electrons. The van der Waals surface area contributed by atoms with Crippen LogP contribution in [-0.2, 0) is 0 Å². The fourth-order valence-corrected chi connectivity index (χ4v) is 1.30. The fraction of sp³-hybridized carbons (Fsp3) is 0.400. The van der Waals surface area contributed by atoms with Crippen LogP contribution in [0.2, 0.25) is 0 Å². The number of aliphatic hydroxyl groups is 2. The summed E-state index contributed by atoms with van der Waals surface area (Å²) in [6.07, 6.45) is -0.687. The van der Waals surface area contributed by atoms with Gasteiger partial charge in [0.15, 0.2) is 0 Å². The molecule has 1 atom stereocenters. The summed E-state index contributed by atoms with van der Waals surface area (Å²) < 4.78 is 0. The summed E-state index contributed by atoms with van der Waals surface area (Å²) in [6, 6.07) is 4.74. The summed E-state index contributed by atoms with van der Waals surface area (Å²) >= 11 is 0. The molecule has 5 heteroatoms. The monoisotopic (exact) mass is 210 g/mol. The Morgan fingerprint density at radius 2 is 2.27 bits per heavy atom. The molecule has 0 amide bonds. The zero-order valence-corrected chi connectivity index (χ0v) is 8.47. The van der Waals surface area contributed by atoms with Crippen LogP contribution in [-0.4, -0.2) is 23.4 Å². The van der Waals surface area contributed by atoms with E-state index >= 15 is 0 Å². The van der Waals surface area contributed by atoms with Gasteiger partial charge in [-0.05, 0) is 30.3 Å². The molecule has 3 N–H and O–H groups in total. The molecule has 5 nitrogen and oxygen atoms in total. The van der Waals surface area contributed by atoms with Crippen molar-refractivity contribution in [3.05, 3.63) is 28.7 Å². The minimum Gasteiger partial charge on any atom is -0.395 e. The first-order valence-corrected chi connectivity index (χ1v) is 4.69. The molecule has 1 aromatic rings. The summed E-state index contributed by atoms with van der Waals surface area (Å²) in [5.41, 5.74) is 1.58. The minimum absolute atomic E-state index is 0.00688. The number of benzene rings is 1. The number of nitrogens with zero attached hydrogens (tertiary/aromatic N) is 1. The van der Waals surface area contributed by atoms with Crippen LogP contribution in [0.3, 0.4) is 0 Å². The van der Waals surface area contributed by atoms with Gasteiger partial charge in [-0.25, -0.2) is 0 Å². The number of hydrogen-bond acceptors (Lipinski definition) is 5. The van der Waals surface area contributed by atoms with Crippen molar-refractivity contribution in [2.45, 2.75) is 13.0 Å². The molecular weight excluding hydrogens is 196 g/mol. The van der Waals surface area contributed by atoms with E-state index in [-0.39, 0.29) is 12.3 Å². The molecule has 82 valence electrons. The lowest BCUT2D eigenvalue weighted by atomic mass is 10.1. The minimum atomic E-state index is -0.687. The summed E-state index contributed by atoms with van der Waals surface area (Å²) in [5.74, 6) is 0. The second-order valence-corrected chi connectivity index (χ2v) is 3.19. The van der Waals surface area contributed by atoms with Gasteiger partial charge in [0.05, 0.1) is 12.7 Å². The standard InChI is InChI=1S/C10H14N2O3/c1-7(14)9-6-8(12-15)2-3-10(9)11-4-5-13/h2-3,6-7,11,13-14H,4-5H2,1H3. The summed E-state index contributed by atoms with van der Waals surface area (Å²) in [4.78, 5) is 10.3. The lowest BCUT2D eigenvalue weighted by Crippen LogP contribution is -2.08. The van der Waals surface area contributed by atoms with Crippen molar-refractivity contribution in [3.8, 4) is 0 Å². The molecule has 1 aromatic carbocycles. The molecule has 0 aliphatic rings. The van der Waals surface area contributed by atoms with E-state index in [1.807, 2.05) is 0 Å². The lowest BCUT2D eigenvalue weighted by molar-refractivity contribution is 0.200. The Balaban J connectivity index is 2.98. The number of rotatable bonds is 5. The van der Waals surface area contributed by atoms with Crippen molar-refractivity contribution < 1.29 is 10.2 Å². The van der Waals surface area contributed by atoms with Crippen LogP contribution in [0, 0.1) is 4.91 Å². The van der Waals surface area contributed by atoms with Crippen molar-refractivity contribution in [1.29, 1.82) is 0 Å². The molecule has 0 aromatic heterocycles. The maximum atomic E-state index is 10.3. The first kappa shape index (κ1) is 11.6. The smallest absolute Gasteiger partial charge is 0.108 e. The van der Waals surface area contributed by atoms with Crippen LogP contribution < -0.4 is 5.32 Å². The summed E-state index contributed by atoms with van der Waals surface area (Å²) in [6.45, 7) is 2.01. The highest BCUT2D eigenvalue weighted by Gasteiger charge is 2.08. The third-order valence-corrected chi connectivity index (χ3v) is 2.02. The van der Waals surface area contributed by atoms with E-state index in [1.165, 1.54) is 6.07 Å². The highest BCUT2D eigenvalue weighted by Crippen LogP contribution is 2.27. The number of nitroso groups, excluding NO2 is 1. The summed E-state index contributed by atoms with van der Waals surface area (Å²) in [5, 5.41) is 23.9. The molecule has 1 rings (SSSR count). The number of hydrogen-bond donors (Lipinski definition) is 3. The van der Waals surface area contributed by atoms with Gasteiger partial charge >= 0.3 is 0 Å². The average Bonchev–Trinajstić information content (AvgIpc) is 2.26. The zero-order chi connectivity index (χ0) is 11.3. The molecule has 0 aliphatic heterocycles. The molecular formula is C10H14N2O3. The molecule has 0 saturated heterocycles. The molecule has 0 spiro atoms. The highest BCUT2D eigenvalue weighted by atomic mass is 16.3. The average molecular weight is 210 g/mol. The van der Waals surface area contributed by atoms with Crippen LogP contribution in [0.15, 0.2) is 23.4 Å². The Hall–Kier alpha value is -1.46. The van der Waals surface area contributed by atoms with Crippen LogP contribution in [0.5, 0.6) is 0 Å². The van der Waals surface area contributed by atoms with Crippen molar-refractivity contribution in [3.63, 3.8) is 0 Å². The first-order valence-electron chi connectivity index (χ1n) is 4.69. The molecule has 1 unspecified atom stereocenters. The normalized spacial score (nSPS) is 12.2. The van der Waals surface area contributed by atoms with E-state index in [0.717, 1.165) is 0 Å². The Kier molecular flexibility index (Phi) is 4.20. The van der Waals surface area contributed by atoms with E-state index in [0.29, 0.717) is 17.8 Å². The molecule has 0 saturated carbocycles. The van der Waals surface area contributed by atoms with E-state index < -0.39 is 6.10 Å². The first-order chi connectivity index (χ1) is 7.19. The quantitative estimate of drug-likeness (QED) is 0.644. The predicted octanol–water partition coefficient (Wildman–Crippen LogP) is 1.54. The van der Waals surface area contributed by atoms with Crippen LogP contribution >= 0.6 is 0 Å². The predicted molar refractivity (Wildman–Crippen MR) is 58.1 cm³/mol. The Morgan fingerprint density at radius 1 is 1.53 bits per heavy atom. The largest absolute Gasteiger partial charge is 0.395 e. The van der Waals surface area contributed by atoms with Crippen LogP contribution in [0.4, 0.5) is 11.4 Å². The maximum Gasteiger partial charge on any atom is 0.108 e. The third-order valence-electron chi connectivity index (χ3n) is 2.02. The van der Waals surface area contributed by atoms with Gasteiger partial charge < -0.3 is 15.5 Å². The van der Waals surface area contributed by atoms with Crippen molar-refractivity contribution in [2.24, 2.45) is 5.18 Å². The maximum absolute atomic E-state index is 10.3. The van der Waals surface area contributed by atoms with Crippen molar-refractivity contribution >= 4 is 11.4 Å². The van der Waals surface area contributed by atoms with E-state index in [4.69, 9.17) is 5.11 Å². The topological polar surface area (TPSA) is 81.9 Å². The lowest BCUT2D eigenvalue weighted by Gasteiger charge is -2.13. The van der Waals surface area contributed by atoms with Crippen LogP contribution in [0.1, 0.15) is 18.6 Å². The van der Waals surface area contributed by atoms with Crippen molar-refractivity contribution in [1.82, 2.24) is 0 Å². The zero-order valence-electron chi connectivity index (χ0n) is 8.47. The van der Waals surface area contributed by atoms with Gasteiger partial charge in [-0.2, -0.15) is 0 Å². The molecule has 0 bridgehead atoms. The van der Waals surface area contributed by atoms with Gasteiger partial charge in [-0.15, -0.1) is 4.91 Å².